The molecule has 0 aliphatic carbocycles. The van der Waals surface area contributed by atoms with Crippen LogP contribution in [0.3, 0.4) is 0 Å². The summed E-state index contributed by atoms with van der Waals surface area (Å²) in [6.07, 6.45) is 1.30. The summed E-state index contributed by atoms with van der Waals surface area (Å²) in [6, 6.07) is 13.7. The number of ether oxygens (including phenoxy) is 1. The third-order valence-electron chi connectivity index (χ3n) is 5.15. The number of halogens is 1. The van der Waals surface area contributed by atoms with Gasteiger partial charge in [0, 0.05) is 50.3 Å². The zero-order chi connectivity index (χ0) is 20.6. The molecule has 0 aromatic heterocycles. The van der Waals surface area contributed by atoms with E-state index in [0.717, 1.165) is 13.0 Å². The van der Waals surface area contributed by atoms with Crippen LogP contribution in [0, 0.1) is 5.82 Å². The summed E-state index contributed by atoms with van der Waals surface area (Å²) in [5.41, 5.74) is 1.33. The molecule has 0 N–H and O–H groups in total. The van der Waals surface area contributed by atoms with Crippen molar-refractivity contribution in [3.63, 3.8) is 0 Å². The van der Waals surface area contributed by atoms with E-state index in [1.807, 2.05) is 13.0 Å². The second-order valence-electron chi connectivity index (χ2n) is 7.19. The summed E-state index contributed by atoms with van der Waals surface area (Å²) in [5, 5.41) is 0. The summed E-state index contributed by atoms with van der Waals surface area (Å²) < 4.78 is 19.5. The highest BCUT2D eigenvalue weighted by Gasteiger charge is 2.20. The molecule has 3 rings (SSSR count). The smallest absolute Gasteiger partial charge is 0.260 e. The fraction of sp³-hybridized carbons (Fsp3) is 0.391. The summed E-state index contributed by atoms with van der Waals surface area (Å²) >= 11 is 0. The van der Waals surface area contributed by atoms with Crippen molar-refractivity contribution in [3.8, 4) is 5.75 Å². The van der Waals surface area contributed by atoms with Gasteiger partial charge in [0.05, 0.1) is 0 Å². The van der Waals surface area contributed by atoms with Gasteiger partial charge in [-0.3, -0.25) is 14.5 Å². The van der Waals surface area contributed by atoms with E-state index in [1.54, 1.807) is 41.3 Å². The number of benzene rings is 2. The molecular weight excluding hydrogens is 371 g/mol. The van der Waals surface area contributed by atoms with Crippen LogP contribution >= 0.6 is 0 Å². The third-order valence-corrected chi connectivity index (χ3v) is 5.15. The predicted octanol–water partition coefficient (Wildman–Crippen LogP) is 3.53. The molecule has 0 radical (unpaired) electrons. The van der Waals surface area contributed by atoms with Crippen LogP contribution in [0.5, 0.6) is 5.75 Å². The first-order chi connectivity index (χ1) is 14.1. The van der Waals surface area contributed by atoms with Crippen LogP contribution < -0.4 is 4.74 Å². The lowest BCUT2D eigenvalue weighted by Gasteiger charge is -2.22. The van der Waals surface area contributed by atoms with Crippen molar-refractivity contribution < 1.29 is 18.7 Å². The monoisotopic (exact) mass is 398 g/mol. The van der Waals surface area contributed by atoms with E-state index in [9.17, 15) is 14.0 Å². The zero-order valence-corrected chi connectivity index (χ0v) is 16.8. The van der Waals surface area contributed by atoms with Crippen LogP contribution in [0.25, 0.3) is 0 Å². The van der Waals surface area contributed by atoms with Gasteiger partial charge in [0.1, 0.15) is 11.6 Å². The van der Waals surface area contributed by atoms with Crippen molar-refractivity contribution in [1.29, 1.82) is 0 Å². The lowest BCUT2D eigenvalue weighted by atomic mass is 10.1. The Morgan fingerprint density at radius 1 is 1.00 bits per heavy atom. The first-order valence-electron chi connectivity index (χ1n) is 10.1. The highest BCUT2D eigenvalue weighted by Crippen LogP contribution is 2.15. The molecule has 1 saturated heterocycles. The lowest BCUT2D eigenvalue weighted by Crippen LogP contribution is -2.38. The van der Waals surface area contributed by atoms with Crippen LogP contribution in [0.1, 0.15) is 35.7 Å². The van der Waals surface area contributed by atoms with Gasteiger partial charge in [0.2, 0.25) is 0 Å². The maximum Gasteiger partial charge on any atom is 0.260 e. The number of nitrogens with zero attached hydrogens (tertiary/aromatic N) is 2. The summed E-state index contributed by atoms with van der Waals surface area (Å²) in [5.74, 6) is 0.398. The van der Waals surface area contributed by atoms with Gasteiger partial charge in [-0.25, -0.2) is 4.39 Å². The third kappa shape index (κ3) is 5.87. The zero-order valence-electron chi connectivity index (χ0n) is 16.8. The van der Waals surface area contributed by atoms with E-state index in [4.69, 9.17) is 4.74 Å². The molecule has 154 valence electrons. The minimum absolute atomic E-state index is 0.0333. The number of rotatable bonds is 7. The van der Waals surface area contributed by atoms with Crippen molar-refractivity contribution in [2.75, 3.05) is 32.8 Å². The Kier molecular flexibility index (Phi) is 7.36. The first-order valence-corrected chi connectivity index (χ1v) is 10.1. The van der Waals surface area contributed by atoms with E-state index in [0.29, 0.717) is 49.5 Å². The van der Waals surface area contributed by atoms with Crippen LogP contribution in [-0.4, -0.2) is 54.3 Å². The van der Waals surface area contributed by atoms with Crippen molar-refractivity contribution in [3.05, 3.63) is 65.5 Å². The Hall–Kier alpha value is -2.73. The lowest BCUT2D eigenvalue weighted by molar-refractivity contribution is -0.133. The average Bonchev–Trinajstić information content (AvgIpc) is 2.99. The van der Waals surface area contributed by atoms with Crippen molar-refractivity contribution in [2.45, 2.75) is 26.3 Å². The van der Waals surface area contributed by atoms with Crippen LogP contribution in [0.2, 0.25) is 0 Å². The maximum absolute atomic E-state index is 13.9. The van der Waals surface area contributed by atoms with Crippen LogP contribution in [0.15, 0.2) is 48.5 Å². The fourth-order valence-electron chi connectivity index (χ4n) is 3.42. The standard InChI is InChI=1S/C23H27FN2O3/c1-2-22(27)18-8-10-20(11-9-18)29-17-23(28)26-13-5-12-25(14-15-26)16-19-6-3-4-7-21(19)24/h3-4,6-11H,2,5,12-17H2,1H3. The van der Waals surface area contributed by atoms with Crippen LogP contribution in [0.4, 0.5) is 4.39 Å². The molecule has 6 heteroatoms. The Balaban J connectivity index is 1.48. The van der Waals surface area contributed by atoms with Gasteiger partial charge >= 0.3 is 0 Å². The molecule has 5 nitrogen and oxygen atoms in total. The van der Waals surface area contributed by atoms with Gasteiger partial charge in [0.25, 0.3) is 5.91 Å². The SMILES string of the molecule is CCC(=O)c1ccc(OCC(=O)N2CCCN(Cc3ccccc3F)CC2)cc1. The second-order valence-corrected chi connectivity index (χ2v) is 7.19. The average molecular weight is 398 g/mol. The van der Waals surface area contributed by atoms with Gasteiger partial charge in [-0.2, -0.15) is 0 Å². The Labute approximate surface area is 171 Å². The van der Waals surface area contributed by atoms with E-state index < -0.39 is 0 Å². The number of hydrogen-bond acceptors (Lipinski definition) is 4. The summed E-state index contributed by atoms with van der Waals surface area (Å²) in [7, 11) is 0. The molecule has 1 amide bonds. The number of hydrogen-bond donors (Lipinski definition) is 0. The minimum atomic E-state index is -0.190. The quantitative estimate of drug-likeness (QED) is 0.670. The van der Waals surface area contributed by atoms with Crippen molar-refractivity contribution in [1.82, 2.24) is 9.80 Å². The molecule has 2 aromatic rings. The fourth-order valence-corrected chi connectivity index (χ4v) is 3.42. The number of amides is 1. The van der Waals surface area contributed by atoms with Gasteiger partial charge in [-0.15, -0.1) is 0 Å². The minimum Gasteiger partial charge on any atom is -0.484 e. The second kappa shape index (κ2) is 10.2. The largest absolute Gasteiger partial charge is 0.484 e. The van der Waals surface area contributed by atoms with Crippen LogP contribution in [-0.2, 0) is 11.3 Å². The van der Waals surface area contributed by atoms with E-state index in [-0.39, 0.29) is 24.1 Å². The van der Waals surface area contributed by atoms with Gasteiger partial charge in [-0.1, -0.05) is 25.1 Å². The summed E-state index contributed by atoms with van der Waals surface area (Å²) in [4.78, 5) is 28.2. The molecule has 1 fully saturated rings. The molecule has 0 saturated carbocycles. The van der Waals surface area contributed by atoms with Crippen molar-refractivity contribution in [2.24, 2.45) is 0 Å². The normalized spacial score (nSPS) is 15.0. The molecule has 0 unspecified atom stereocenters. The molecule has 0 bridgehead atoms. The topological polar surface area (TPSA) is 49.9 Å². The van der Waals surface area contributed by atoms with Gasteiger partial charge in [0.15, 0.2) is 12.4 Å². The molecule has 0 spiro atoms. The predicted molar refractivity (Wildman–Crippen MR) is 109 cm³/mol. The van der Waals surface area contributed by atoms with E-state index >= 15 is 0 Å². The molecular formula is C23H27FN2O3. The Morgan fingerprint density at radius 2 is 1.76 bits per heavy atom. The highest BCUT2D eigenvalue weighted by atomic mass is 19.1. The van der Waals surface area contributed by atoms with E-state index in [2.05, 4.69) is 4.90 Å². The first kappa shape index (κ1) is 21.0. The van der Waals surface area contributed by atoms with Gasteiger partial charge < -0.3 is 9.64 Å². The van der Waals surface area contributed by atoms with Gasteiger partial charge in [-0.05, 0) is 36.8 Å². The highest BCUT2D eigenvalue weighted by molar-refractivity contribution is 5.95. The van der Waals surface area contributed by atoms with E-state index in [1.165, 1.54) is 6.07 Å². The molecule has 1 heterocycles. The number of ketones is 1. The molecule has 29 heavy (non-hydrogen) atoms. The molecule has 0 atom stereocenters. The summed E-state index contributed by atoms with van der Waals surface area (Å²) in [6.45, 7) is 5.13. The molecule has 1 aliphatic heterocycles. The Bertz CT molecular complexity index is 838. The molecule has 1 aliphatic rings. The van der Waals surface area contributed by atoms with Crippen molar-refractivity contribution >= 4 is 11.7 Å². The maximum atomic E-state index is 13.9. The molecule has 2 aromatic carbocycles. The number of Topliss-reactive ketones (excluding diaryl/α,β-unsaturated/α-hetero) is 1. The number of carbonyl (C=O) groups is 2. The number of carbonyl (C=O) groups excluding carboxylic acids is 2. The Morgan fingerprint density at radius 3 is 2.48 bits per heavy atom.